The average molecular weight is 424 g/mol. The van der Waals surface area contributed by atoms with Gasteiger partial charge in [0.1, 0.15) is 18.8 Å². The van der Waals surface area contributed by atoms with E-state index in [9.17, 15) is 4.79 Å². The number of hydrogen-bond acceptors (Lipinski definition) is 5. The van der Waals surface area contributed by atoms with Gasteiger partial charge in [-0.15, -0.1) is 0 Å². The summed E-state index contributed by atoms with van der Waals surface area (Å²) in [6.45, 7) is 5.17. The largest absolute Gasteiger partial charge is 0.445 e. The van der Waals surface area contributed by atoms with Crippen molar-refractivity contribution in [1.82, 2.24) is 4.90 Å². The zero-order valence-electron chi connectivity index (χ0n) is 18.0. The van der Waals surface area contributed by atoms with Gasteiger partial charge in [-0.25, -0.2) is 4.79 Å². The second-order valence-corrected chi connectivity index (χ2v) is 8.25. The maximum absolute atomic E-state index is 13.0. The molecule has 2 aromatic carbocycles. The van der Waals surface area contributed by atoms with E-state index in [0.29, 0.717) is 19.8 Å². The molecule has 0 bridgehead atoms. The molecule has 1 amide bonds. The highest BCUT2D eigenvalue weighted by molar-refractivity contribution is 5.68. The highest BCUT2D eigenvalue weighted by atomic mass is 16.8. The molecule has 6 heteroatoms. The van der Waals surface area contributed by atoms with E-state index in [4.69, 9.17) is 18.9 Å². The molecule has 0 aliphatic carbocycles. The lowest BCUT2D eigenvalue weighted by atomic mass is 10.1. The summed E-state index contributed by atoms with van der Waals surface area (Å²) in [6, 6.07) is 19.3. The zero-order chi connectivity index (χ0) is 21.7. The number of ether oxygens (including phenoxy) is 4. The number of nitrogens with zero attached hydrogens (tertiary/aromatic N) is 1. The molecule has 0 N–H and O–H groups in total. The van der Waals surface area contributed by atoms with Crippen LogP contribution < -0.4 is 0 Å². The fourth-order valence-corrected chi connectivity index (χ4v) is 3.95. The average Bonchev–Trinajstić information content (AvgIpc) is 2.99. The van der Waals surface area contributed by atoms with E-state index in [-0.39, 0.29) is 24.9 Å². The van der Waals surface area contributed by atoms with E-state index in [1.165, 1.54) is 0 Å². The molecule has 2 aliphatic rings. The van der Waals surface area contributed by atoms with Crippen LogP contribution in [0.3, 0.4) is 0 Å². The van der Waals surface area contributed by atoms with Crippen molar-refractivity contribution in [3.8, 4) is 0 Å². The fraction of sp³-hybridized carbons (Fsp3) is 0.400. The van der Waals surface area contributed by atoms with Gasteiger partial charge in [-0.1, -0.05) is 72.8 Å². The van der Waals surface area contributed by atoms with Gasteiger partial charge in [0.25, 0.3) is 0 Å². The Morgan fingerprint density at radius 1 is 1.00 bits per heavy atom. The molecule has 2 heterocycles. The first-order valence-corrected chi connectivity index (χ1v) is 10.6. The first-order chi connectivity index (χ1) is 15.0. The molecule has 31 heavy (non-hydrogen) atoms. The quantitative estimate of drug-likeness (QED) is 0.649. The van der Waals surface area contributed by atoms with Crippen molar-refractivity contribution >= 4 is 6.09 Å². The van der Waals surface area contributed by atoms with Gasteiger partial charge in [0.15, 0.2) is 5.79 Å². The Morgan fingerprint density at radius 3 is 2.32 bits per heavy atom. The van der Waals surface area contributed by atoms with Crippen molar-refractivity contribution in [1.29, 1.82) is 0 Å². The number of carbonyl (C=O) groups excluding carboxylic acids is 1. The highest BCUT2D eigenvalue weighted by Gasteiger charge is 2.48. The van der Waals surface area contributed by atoms with Gasteiger partial charge < -0.3 is 18.9 Å². The smallest absolute Gasteiger partial charge is 0.410 e. The fourth-order valence-electron chi connectivity index (χ4n) is 3.95. The molecule has 164 valence electrons. The Kier molecular flexibility index (Phi) is 6.70. The van der Waals surface area contributed by atoms with Gasteiger partial charge >= 0.3 is 6.09 Å². The number of rotatable bonds is 6. The lowest BCUT2D eigenvalue weighted by Gasteiger charge is -2.33. The normalized spacial score (nSPS) is 24.5. The van der Waals surface area contributed by atoms with E-state index in [1.54, 1.807) is 4.90 Å². The van der Waals surface area contributed by atoms with Crippen LogP contribution in [0.2, 0.25) is 0 Å². The van der Waals surface area contributed by atoms with E-state index in [2.05, 4.69) is 0 Å². The minimum Gasteiger partial charge on any atom is -0.445 e. The van der Waals surface area contributed by atoms with Crippen molar-refractivity contribution in [2.45, 2.75) is 51.1 Å². The standard InChI is InChI=1S/C25H29NO5/c1-25(2)30-22-14-9-15-26(24(27)29-17-20-12-7-4-8-13-20)21(23(22)31-25)18-28-16-19-10-5-3-6-11-19/h3-14,21-23H,15-18H2,1-2H3/t21-,22-,23-/m1/s1. The molecule has 4 rings (SSSR count). The third-order valence-electron chi connectivity index (χ3n) is 5.41. The topological polar surface area (TPSA) is 57.2 Å². The summed E-state index contributed by atoms with van der Waals surface area (Å²) in [5, 5.41) is 0. The van der Waals surface area contributed by atoms with E-state index >= 15 is 0 Å². The van der Waals surface area contributed by atoms with Crippen molar-refractivity contribution < 1.29 is 23.7 Å². The summed E-state index contributed by atoms with van der Waals surface area (Å²) < 4.78 is 23.9. The Bertz CT molecular complexity index is 883. The molecule has 3 atom stereocenters. The van der Waals surface area contributed by atoms with Crippen LogP contribution in [-0.2, 0) is 32.2 Å². The molecule has 2 aromatic rings. The molecular weight excluding hydrogens is 394 g/mol. The summed E-state index contributed by atoms with van der Waals surface area (Å²) in [5.41, 5.74) is 2.02. The van der Waals surface area contributed by atoms with Crippen LogP contribution in [0.1, 0.15) is 25.0 Å². The Morgan fingerprint density at radius 2 is 1.65 bits per heavy atom. The van der Waals surface area contributed by atoms with Crippen LogP contribution in [0.15, 0.2) is 72.8 Å². The van der Waals surface area contributed by atoms with E-state index in [1.807, 2.05) is 86.7 Å². The van der Waals surface area contributed by atoms with Crippen molar-refractivity contribution in [2.75, 3.05) is 13.2 Å². The number of hydrogen-bond donors (Lipinski definition) is 0. The predicted octanol–water partition coefficient (Wildman–Crippen LogP) is 4.30. The SMILES string of the molecule is CC1(C)O[C@@H]2[C@@H](COCc3ccccc3)N(C(=O)OCc3ccccc3)CC=C[C@H]2O1. The molecule has 0 unspecified atom stereocenters. The zero-order valence-corrected chi connectivity index (χ0v) is 18.0. The molecule has 6 nitrogen and oxygen atoms in total. The summed E-state index contributed by atoms with van der Waals surface area (Å²) in [5.74, 6) is -0.728. The Hall–Kier alpha value is -2.67. The summed E-state index contributed by atoms with van der Waals surface area (Å²) >= 11 is 0. The Balaban J connectivity index is 1.46. The van der Waals surface area contributed by atoms with Crippen molar-refractivity contribution in [3.63, 3.8) is 0 Å². The summed E-state index contributed by atoms with van der Waals surface area (Å²) in [7, 11) is 0. The first-order valence-electron chi connectivity index (χ1n) is 10.6. The molecular formula is C25H29NO5. The second-order valence-electron chi connectivity index (χ2n) is 8.25. The van der Waals surface area contributed by atoms with E-state index in [0.717, 1.165) is 11.1 Å². The van der Waals surface area contributed by atoms with Crippen LogP contribution in [0.25, 0.3) is 0 Å². The van der Waals surface area contributed by atoms with Crippen LogP contribution in [0.4, 0.5) is 4.79 Å². The van der Waals surface area contributed by atoms with E-state index < -0.39 is 11.9 Å². The number of fused-ring (bicyclic) bond motifs is 1. The minimum atomic E-state index is -0.728. The molecule has 0 radical (unpaired) electrons. The van der Waals surface area contributed by atoms with Crippen molar-refractivity contribution in [3.05, 3.63) is 83.9 Å². The molecule has 1 fully saturated rings. The highest BCUT2D eigenvalue weighted by Crippen LogP contribution is 2.34. The molecule has 0 spiro atoms. The van der Waals surface area contributed by atoms with Crippen LogP contribution >= 0.6 is 0 Å². The van der Waals surface area contributed by atoms with Gasteiger partial charge in [-0.05, 0) is 25.0 Å². The molecule has 0 saturated carbocycles. The maximum Gasteiger partial charge on any atom is 0.410 e. The van der Waals surface area contributed by atoms with Gasteiger partial charge in [-0.3, -0.25) is 4.90 Å². The molecule has 1 saturated heterocycles. The van der Waals surface area contributed by atoms with Gasteiger partial charge in [0, 0.05) is 6.54 Å². The van der Waals surface area contributed by atoms with Crippen LogP contribution in [-0.4, -0.2) is 48.2 Å². The first kappa shape index (κ1) is 21.6. The summed E-state index contributed by atoms with van der Waals surface area (Å²) in [4.78, 5) is 14.7. The second kappa shape index (κ2) is 9.64. The maximum atomic E-state index is 13.0. The number of carbonyl (C=O) groups is 1. The number of amides is 1. The lowest BCUT2D eigenvalue weighted by molar-refractivity contribution is -0.152. The third-order valence-corrected chi connectivity index (χ3v) is 5.41. The molecule has 2 aliphatic heterocycles. The number of benzene rings is 2. The van der Waals surface area contributed by atoms with Gasteiger partial charge in [0.2, 0.25) is 0 Å². The van der Waals surface area contributed by atoms with Crippen molar-refractivity contribution in [2.24, 2.45) is 0 Å². The molecule has 0 aromatic heterocycles. The lowest BCUT2D eigenvalue weighted by Crippen LogP contribution is -2.51. The third kappa shape index (κ3) is 5.53. The predicted molar refractivity (Wildman–Crippen MR) is 116 cm³/mol. The monoisotopic (exact) mass is 423 g/mol. The van der Waals surface area contributed by atoms with Gasteiger partial charge in [0.05, 0.1) is 19.3 Å². The van der Waals surface area contributed by atoms with Crippen LogP contribution in [0, 0.1) is 0 Å². The summed E-state index contributed by atoms with van der Waals surface area (Å²) in [6.07, 6.45) is 2.93. The van der Waals surface area contributed by atoms with Gasteiger partial charge in [-0.2, -0.15) is 0 Å². The minimum absolute atomic E-state index is 0.217. The Labute approximate surface area is 183 Å². The van der Waals surface area contributed by atoms with Crippen LogP contribution in [0.5, 0.6) is 0 Å².